The SMILES string of the molecule is O=C(c1cccnc1)N1N=C(c2ccc(O)cc2)CC1c1cccc([N+](=O)[O-])c1. The van der Waals surface area contributed by atoms with Gasteiger partial charge in [-0.15, -0.1) is 0 Å². The summed E-state index contributed by atoms with van der Waals surface area (Å²) in [7, 11) is 0. The van der Waals surface area contributed by atoms with E-state index in [1.54, 1.807) is 54.7 Å². The first-order chi connectivity index (χ1) is 14.0. The Balaban J connectivity index is 1.75. The van der Waals surface area contributed by atoms with E-state index in [1.165, 1.54) is 23.3 Å². The molecular weight excluding hydrogens is 372 g/mol. The van der Waals surface area contributed by atoms with Gasteiger partial charge in [-0.25, -0.2) is 5.01 Å². The van der Waals surface area contributed by atoms with Crippen LogP contribution in [0.2, 0.25) is 0 Å². The van der Waals surface area contributed by atoms with Crippen LogP contribution in [0, 0.1) is 10.1 Å². The van der Waals surface area contributed by atoms with Crippen LogP contribution in [0.4, 0.5) is 5.69 Å². The molecule has 1 aromatic heterocycles. The lowest BCUT2D eigenvalue weighted by atomic mass is 9.97. The molecular formula is C21H16N4O4. The fourth-order valence-electron chi connectivity index (χ4n) is 3.25. The van der Waals surface area contributed by atoms with Crippen LogP contribution in [-0.4, -0.2) is 31.6 Å². The number of nitro benzene ring substituents is 1. The minimum atomic E-state index is -0.494. The second-order valence-corrected chi connectivity index (χ2v) is 6.56. The molecule has 0 saturated carbocycles. The molecule has 0 aliphatic carbocycles. The lowest BCUT2D eigenvalue weighted by molar-refractivity contribution is -0.384. The summed E-state index contributed by atoms with van der Waals surface area (Å²) >= 11 is 0. The Morgan fingerprint density at radius 3 is 2.62 bits per heavy atom. The Kier molecular flexibility index (Phi) is 4.74. The van der Waals surface area contributed by atoms with E-state index in [-0.39, 0.29) is 17.3 Å². The Morgan fingerprint density at radius 1 is 1.14 bits per heavy atom. The van der Waals surface area contributed by atoms with Gasteiger partial charge in [-0.2, -0.15) is 5.10 Å². The Bertz CT molecular complexity index is 1100. The number of carbonyl (C=O) groups excluding carboxylic acids is 1. The molecule has 3 aromatic rings. The first-order valence-corrected chi connectivity index (χ1v) is 8.88. The van der Waals surface area contributed by atoms with Crippen molar-refractivity contribution in [2.75, 3.05) is 0 Å². The van der Waals surface area contributed by atoms with Crippen LogP contribution in [0.1, 0.15) is 33.9 Å². The number of aromatic nitrogens is 1. The highest BCUT2D eigenvalue weighted by molar-refractivity contribution is 6.05. The van der Waals surface area contributed by atoms with E-state index in [1.807, 2.05) is 0 Å². The summed E-state index contributed by atoms with van der Waals surface area (Å²) < 4.78 is 0. The van der Waals surface area contributed by atoms with Crippen LogP contribution in [0.3, 0.4) is 0 Å². The average molecular weight is 388 g/mol. The van der Waals surface area contributed by atoms with Gasteiger partial charge in [0.1, 0.15) is 5.75 Å². The number of carbonyl (C=O) groups is 1. The summed E-state index contributed by atoms with van der Waals surface area (Å²) in [5, 5.41) is 26.6. The van der Waals surface area contributed by atoms with Gasteiger partial charge < -0.3 is 5.11 Å². The van der Waals surface area contributed by atoms with Gasteiger partial charge >= 0.3 is 0 Å². The maximum Gasteiger partial charge on any atom is 0.276 e. The Labute approximate surface area is 165 Å². The number of hydrogen-bond acceptors (Lipinski definition) is 6. The number of nitrogens with zero attached hydrogens (tertiary/aromatic N) is 4. The summed E-state index contributed by atoms with van der Waals surface area (Å²) in [5.74, 6) is -0.214. The standard InChI is InChI=1S/C21H16N4O4/c26-18-8-6-14(7-9-18)19-12-20(15-3-1-5-17(11-15)25(28)29)24(23-19)21(27)16-4-2-10-22-13-16/h1-11,13,20,26H,12H2. The number of rotatable bonds is 4. The quantitative estimate of drug-likeness (QED) is 0.542. The molecule has 8 nitrogen and oxygen atoms in total. The number of phenols is 1. The van der Waals surface area contributed by atoms with Crippen LogP contribution in [0.25, 0.3) is 0 Å². The van der Waals surface area contributed by atoms with Crippen molar-refractivity contribution in [2.45, 2.75) is 12.5 Å². The number of benzene rings is 2. The fourth-order valence-corrected chi connectivity index (χ4v) is 3.25. The van der Waals surface area contributed by atoms with Crippen molar-refractivity contribution < 1.29 is 14.8 Å². The van der Waals surface area contributed by atoms with E-state index in [9.17, 15) is 20.0 Å². The second kappa shape index (κ2) is 7.51. The van der Waals surface area contributed by atoms with Gasteiger partial charge in [0.05, 0.1) is 22.2 Å². The predicted molar refractivity (Wildman–Crippen MR) is 106 cm³/mol. The van der Waals surface area contributed by atoms with Gasteiger partial charge in [0, 0.05) is 30.9 Å². The molecule has 0 bridgehead atoms. The zero-order valence-corrected chi connectivity index (χ0v) is 15.2. The summed E-state index contributed by atoms with van der Waals surface area (Å²) in [6, 6.07) is 15.6. The monoisotopic (exact) mass is 388 g/mol. The smallest absolute Gasteiger partial charge is 0.276 e. The molecule has 0 radical (unpaired) electrons. The molecule has 1 N–H and O–H groups in total. The van der Waals surface area contributed by atoms with E-state index < -0.39 is 11.0 Å². The molecule has 144 valence electrons. The second-order valence-electron chi connectivity index (χ2n) is 6.56. The van der Waals surface area contributed by atoms with Gasteiger partial charge in [0.15, 0.2) is 0 Å². The fraction of sp³-hybridized carbons (Fsp3) is 0.0952. The predicted octanol–water partition coefficient (Wildman–Crippen LogP) is 3.69. The molecule has 0 saturated heterocycles. The first-order valence-electron chi connectivity index (χ1n) is 8.88. The van der Waals surface area contributed by atoms with E-state index >= 15 is 0 Å². The van der Waals surface area contributed by atoms with Crippen molar-refractivity contribution in [3.63, 3.8) is 0 Å². The molecule has 1 atom stereocenters. The lowest BCUT2D eigenvalue weighted by Crippen LogP contribution is -2.27. The van der Waals surface area contributed by atoms with Crippen molar-refractivity contribution in [3.05, 3.63) is 99.9 Å². The van der Waals surface area contributed by atoms with Crippen LogP contribution < -0.4 is 0 Å². The van der Waals surface area contributed by atoms with Crippen molar-refractivity contribution in [1.29, 1.82) is 0 Å². The maximum absolute atomic E-state index is 13.1. The number of nitro groups is 1. The van der Waals surface area contributed by atoms with Gasteiger partial charge in [-0.05, 0) is 47.5 Å². The van der Waals surface area contributed by atoms with Crippen molar-refractivity contribution in [2.24, 2.45) is 5.10 Å². The topological polar surface area (TPSA) is 109 Å². The highest BCUT2D eigenvalue weighted by Crippen LogP contribution is 2.35. The van der Waals surface area contributed by atoms with Crippen molar-refractivity contribution in [1.82, 2.24) is 9.99 Å². The molecule has 8 heteroatoms. The molecule has 29 heavy (non-hydrogen) atoms. The highest BCUT2D eigenvalue weighted by Gasteiger charge is 2.34. The first kappa shape index (κ1) is 18.3. The largest absolute Gasteiger partial charge is 0.508 e. The molecule has 0 fully saturated rings. The average Bonchev–Trinajstić information content (AvgIpc) is 3.20. The normalized spacial score (nSPS) is 15.8. The third-order valence-electron chi connectivity index (χ3n) is 4.69. The molecule has 1 aliphatic rings. The van der Waals surface area contributed by atoms with Crippen LogP contribution in [0.15, 0.2) is 78.2 Å². The number of phenolic OH excluding ortho intramolecular Hbond substituents is 1. The van der Waals surface area contributed by atoms with E-state index in [0.717, 1.165) is 5.56 Å². The van der Waals surface area contributed by atoms with E-state index in [4.69, 9.17) is 0 Å². The number of hydrogen-bond donors (Lipinski definition) is 1. The number of pyridine rings is 1. The maximum atomic E-state index is 13.1. The summed E-state index contributed by atoms with van der Waals surface area (Å²) in [6.07, 6.45) is 3.42. The minimum Gasteiger partial charge on any atom is -0.508 e. The minimum absolute atomic E-state index is 0.0469. The molecule has 4 rings (SSSR count). The number of aromatic hydroxyl groups is 1. The van der Waals surface area contributed by atoms with Crippen molar-refractivity contribution in [3.8, 4) is 5.75 Å². The molecule has 1 unspecified atom stereocenters. The zero-order valence-electron chi connectivity index (χ0n) is 15.2. The third kappa shape index (κ3) is 3.68. The third-order valence-corrected chi connectivity index (χ3v) is 4.69. The molecule has 2 heterocycles. The Morgan fingerprint density at radius 2 is 1.93 bits per heavy atom. The molecule has 1 aliphatic heterocycles. The van der Waals surface area contributed by atoms with Crippen LogP contribution in [-0.2, 0) is 0 Å². The highest BCUT2D eigenvalue weighted by atomic mass is 16.6. The van der Waals surface area contributed by atoms with Gasteiger partial charge in [-0.3, -0.25) is 19.9 Å². The van der Waals surface area contributed by atoms with E-state index in [2.05, 4.69) is 10.1 Å². The number of amides is 1. The summed E-state index contributed by atoms with van der Waals surface area (Å²) in [6.45, 7) is 0. The van der Waals surface area contributed by atoms with Crippen LogP contribution >= 0.6 is 0 Å². The molecule has 1 amide bonds. The molecule has 2 aromatic carbocycles. The van der Waals surface area contributed by atoms with E-state index in [0.29, 0.717) is 23.3 Å². The Hall–Kier alpha value is -4.07. The number of hydrazone groups is 1. The van der Waals surface area contributed by atoms with Gasteiger partial charge in [0.25, 0.3) is 11.6 Å². The molecule has 0 spiro atoms. The van der Waals surface area contributed by atoms with Gasteiger partial charge in [-0.1, -0.05) is 12.1 Å². The summed E-state index contributed by atoms with van der Waals surface area (Å²) in [5.41, 5.74) is 2.36. The van der Waals surface area contributed by atoms with Gasteiger partial charge in [0.2, 0.25) is 0 Å². The summed E-state index contributed by atoms with van der Waals surface area (Å²) in [4.78, 5) is 27.8. The van der Waals surface area contributed by atoms with Crippen molar-refractivity contribution >= 4 is 17.3 Å². The number of non-ortho nitro benzene ring substituents is 1. The lowest BCUT2D eigenvalue weighted by Gasteiger charge is -2.21. The van der Waals surface area contributed by atoms with Crippen LogP contribution in [0.5, 0.6) is 5.75 Å². The zero-order chi connectivity index (χ0) is 20.4.